The molecule has 0 radical (unpaired) electrons. The molecule has 2 rings (SSSR count). The third kappa shape index (κ3) is 4.31. The van der Waals surface area contributed by atoms with Crippen LogP contribution in [-0.2, 0) is 16.0 Å². The molecule has 1 N–H and O–H groups in total. The fourth-order valence-electron chi connectivity index (χ4n) is 2.69. The van der Waals surface area contributed by atoms with Crippen LogP contribution in [0, 0.1) is 6.92 Å². The molecular formula is C20H26N2O4. The minimum atomic E-state index is -0.938. The maximum absolute atomic E-state index is 12.5. The Morgan fingerprint density at radius 1 is 1.23 bits per heavy atom. The van der Waals surface area contributed by atoms with Gasteiger partial charge in [0.05, 0.1) is 5.69 Å². The Labute approximate surface area is 153 Å². The van der Waals surface area contributed by atoms with Gasteiger partial charge in [-0.25, -0.2) is 4.79 Å². The maximum Gasteiger partial charge on any atom is 0.344 e. The van der Waals surface area contributed by atoms with Gasteiger partial charge in [0, 0.05) is 5.69 Å². The Balaban J connectivity index is 2.09. The van der Waals surface area contributed by atoms with Crippen molar-refractivity contribution in [2.75, 3.05) is 5.32 Å². The number of carbonyl (C=O) groups excluding carboxylic acids is 2. The van der Waals surface area contributed by atoms with E-state index in [1.54, 1.807) is 13.8 Å². The predicted octanol–water partition coefficient (Wildman–Crippen LogP) is 4.24. The molecule has 0 aliphatic carbocycles. The molecule has 0 bridgehead atoms. The van der Waals surface area contributed by atoms with E-state index in [0.717, 1.165) is 17.7 Å². The highest BCUT2D eigenvalue weighted by Crippen LogP contribution is 2.26. The number of nitrogens with zero attached hydrogens (tertiary/aromatic N) is 1. The minimum absolute atomic E-state index is 0.298. The normalized spacial score (nSPS) is 13.1. The second kappa shape index (κ2) is 8.65. The van der Waals surface area contributed by atoms with Crippen molar-refractivity contribution < 1.29 is 18.8 Å². The first kappa shape index (κ1) is 19.7. The third-order valence-corrected chi connectivity index (χ3v) is 4.49. The van der Waals surface area contributed by atoms with Gasteiger partial charge in [0.2, 0.25) is 0 Å². The van der Waals surface area contributed by atoms with Crippen molar-refractivity contribution in [2.24, 2.45) is 0 Å². The van der Waals surface area contributed by atoms with Crippen molar-refractivity contribution in [1.29, 1.82) is 0 Å². The second-order valence-corrected chi connectivity index (χ2v) is 6.35. The average molecular weight is 358 g/mol. The van der Waals surface area contributed by atoms with Crippen LogP contribution < -0.4 is 5.32 Å². The zero-order chi connectivity index (χ0) is 19.3. The van der Waals surface area contributed by atoms with Crippen LogP contribution in [0.4, 0.5) is 5.69 Å². The SMILES string of the molecule is CCc1noc(C)c1C(=O)OC(C)C(=O)Nc1ccccc1C(C)CC. The average Bonchev–Trinajstić information content (AvgIpc) is 3.02. The zero-order valence-corrected chi connectivity index (χ0v) is 16.0. The van der Waals surface area contributed by atoms with E-state index in [-0.39, 0.29) is 5.91 Å². The summed E-state index contributed by atoms with van der Waals surface area (Å²) in [5, 5.41) is 6.70. The summed E-state index contributed by atoms with van der Waals surface area (Å²) < 4.78 is 10.4. The van der Waals surface area contributed by atoms with Crippen LogP contribution in [0.2, 0.25) is 0 Å². The molecule has 1 aromatic heterocycles. The highest BCUT2D eigenvalue weighted by molar-refractivity contribution is 5.98. The molecule has 0 saturated heterocycles. The van der Waals surface area contributed by atoms with E-state index in [0.29, 0.717) is 29.4 Å². The van der Waals surface area contributed by atoms with Gasteiger partial charge in [-0.3, -0.25) is 4.79 Å². The first-order valence-electron chi connectivity index (χ1n) is 8.94. The van der Waals surface area contributed by atoms with E-state index < -0.39 is 12.1 Å². The molecule has 1 heterocycles. The van der Waals surface area contributed by atoms with Crippen molar-refractivity contribution in [2.45, 2.75) is 59.5 Å². The Kier molecular flexibility index (Phi) is 6.55. The van der Waals surface area contributed by atoms with Crippen LogP contribution in [0.3, 0.4) is 0 Å². The van der Waals surface area contributed by atoms with E-state index in [9.17, 15) is 9.59 Å². The Morgan fingerprint density at radius 2 is 1.92 bits per heavy atom. The Hall–Kier alpha value is -2.63. The van der Waals surface area contributed by atoms with Gasteiger partial charge in [-0.2, -0.15) is 0 Å². The number of anilines is 1. The standard InChI is InChI=1S/C20H26N2O4/c1-6-12(3)15-10-8-9-11-17(15)21-19(23)14(5)25-20(24)18-13(4)26-22-16(18)7-2/h8-12,14H,6-7H2,1-5H3,(H,21,23). The summed E-state index contributed by atoms with van der Waals surface area (Å²) >= 11 is 0. The molecule has 2 aromatic rings. The highest BCUT2D eigenvalue weighted by Gasteiger charge is 2.25. The molecule has 1 amide bonds. The van der Waals surface area contributed by atoms with E-state index in [2.05, 4.69) is 24.3 Å². The van der Waals surface area contributed by atoms with Crippen molar-refractivity contribution in [1.82, 2.24) is 5.16 Å². The number of benzene rings is 1. The molecule has 26 heavy (non-hydrogen) atoms. The lowest BCUT2D eigenvalue weighted by atomic mass is 9.97. The van der Waals surface area contributed by atoms with E-state index in [4.69, 9.17) is 9.26 Å². The van der Waals surface area contributed by atoms with Crippen LogP contribution >= 0.6 is 0 Å². The molecule has 6 heteroatoms. The van der Waals surface area contributed by atoms with Crippen LogP contribution in [0.15, 0.2) is 28.8 Å². The van der Waals surface area contributed by atoms with Crippen molar-refractivity contribution in [3.05, 3.63) is 46.8 Å². The van der Waals surface area contributed by atoms with E-state index >= 15 is 0 Å². The Bertz CT molecular complexity index is 782. The quantitative estimate of drug-likeness (QED) is 0.749. The minimum Gasteiger partial charge on any atom is -0.449 e. The van der Waals surface area contributed by atoms with E-state index in [1.807, 2.05) is 31.2 Å². The van der Waals surface area contributed by atoms with Gasteiger partial charge in [0.25, 0.3) is 5.91 Å². The molecule has 0 saturated carbocycles. The number of hydrogen-bond donors (Lipinski definition) is 1. The molecule has 0 aliphatic rings. The van der Waals surface area contributed by atoms with Gasteiger partial charge in [-0.15, -0.1) is 0 Å². The van der Waals surface area contributed by atoms with Gasteiger partial charge >= 0.3 is 5.97 Å². The number of aromatic nitrogens is 1. The van der Waals surface area contributed by atoms with Crippen LogP contribution in [0.1, 0.15) is 67.4 Å². The summed E-state index contributed by atoms with van der Waals surface area (Å²) in [6.07, 6.45) is 0.570. The molecule has 0 spiro atoms. The Morgan fingerprint density at radius 3 is 2.58 bits per heavy atom. The summed E-state index contributed by atoms with van der Waals surface area (Å²) in [5.74, 6) is -0.266. The lowest BCUT2D eigenvalue weighted by Gasteiger charge is -2.18. The number of esters is 1. The summed E-state index contributed by atoms with van der Waals surface area (Å²) in [7, 11) is 0. The first-order valence-corrected chi connectivity index (χ1v) is 8.94. The number of aryl methyl sites for hydroxylation is 2. The van der Waals surface area contributed by atoms with Crippen molar-refractivity contribution in [3.63, 3.8) is 0 Å². The van der Waals surface area contributed by atoms with Crippen LogP contribution in [0.25, 0.3) is 0 Å². The summed E-state index contributed by atoms with van der Waals surface area (Å²) in [4.78, 5) is 24.9. The second-order valence-electron chi connectivity index (χ2n) is 6.35. The fourth-order valence-corrected chi connectivity index (χ4v) is 2.69. The van der Waals surface area contributed by atoms with Gasteiger partial charge < -0.3 is 14.6 Å². The summed E-state index contributed by atoms with van der Waals surface area (Å²) in [6.45, 7) is 9.27. The molecular weight excluding hydrogens is 332 g/mol. The monoisotopic (exact) mass is 358 g/mol. The fraction of sp³-hybridized carbons (Fsp3) is 0.450. The molecule has 0 fully saturated rings. The summed E-state index contributed by atoms with van der Waals surface area (Å²) in [5.41, 5.74) is 2.63. The molecule has 1 aromatic carbocycles. The van der Waals surface area contributed by atoms with Crippen LogP contribution in [0.5, 0.6) is 0 Å². The van der Waals surface area contributed by atoms with Crippen molar-refractivity contribution in [3.8, 4) is 0 Å². The van der Waals surface area contributed by atoms with Crippen LogP contribution in [-0.4, -0.2) is 23.1 Å². The topological polar surface area (TPSA) is 81.4 Å². The number of para-hydroxylation sites is 1. The first-order chi connectivity index (χ1) is 12.4. The molecule has 6 nitrogen and oxygen atoms in total. The van der Waals surface area contributed by atoms with Crippen molar-refractivity contribution >= 4 is 17.6 Å². The molecule has 2 atom stereocenters. The number of nitrogens with one attached hydrogen (secondary N) is 1. The number of amides is 1. The highest BCUT2D eigenvalue weighted by atomic mass is 16.5. The number of carbonyl (C=O) groups is 2. The van der Waals surface area contributed by atoms with Gasteiger partial charge in [-0.05, 0) is 44.2 Å². The van der Waals surface area contributed by atoms with Gasteiger partial charge in [-0.1, -0.05) is 44.1 Å². The third-order valence-electron chi connectivity index (χ3n) is 4.49. The smallest absolute Gasteiger partial charge is 0.344 e. The molecule has 0 aliphatic heterocycles. The van der Waals surface area contributed by atoms with E-state index in [1.165, 1.54) is 0 Å². The van der Waals surface area contributed by atoms with Gasteiger partial charge in [0.1, 0.15) is 11.3 Å². The molecule has 2 unspecified atom stereocenters. The molecule has 140 valence electrons. The lowest BCUT2D eigenvalue weighted by molar-refractivity contribution is -0.123. The summed E-state index contributed by atoms with van der Waals surface area (Å²) in [6, 6.07) is 7.66. The lowest BCUT2D eigenvalue weighted by Crippen LogP contribution is -2.30. The van der Waals surface area contributed by atoms with Gasteiger partial charge in [0.15, 0.2) is 6.10 Å². The largest absolute Gasteiger partial charge is 0.449 e. The maximum atomic E-state index is 12.5. The number of ether oxygens (including phenoxy) is 1. The number of hydrogen-bond acceptors (Lipinski definition) is 5. The predicted molar refractivity (Wildman–Crippen MR) is 99.3 cm³/mol. The number of rotatable bonds is 7. The zero-order valence-electron chi connectivity index (χ0n) is 16.0.